The summed E-state index contributed by atoms with van der Waals surface area (Å²) < 4.78 is 0. The number of nitrogens with zero attached hydrogens (tertiary/aromatic N) is 1. The fourth-order valence-electron chi connectivity index (χ4n) is 0.866. The van der Waals surface area contributed by atoms with Crippen LogP contribution in [-0.2, 0) is 5.11 Å². The second kappa shape index (κ2) is 2.57. The van der Waals surface area contributed by atoms with Crippen LogP contribution in [0.3, 0.4) is 0 Å². The van der Waals surface area contributed by atoms with Gasteiger partial charge in [0.2, 0.25) is 0 Å². The fourth-order valence-corrected chi connectivity index (χ4v) is 0.866. The summed E-state index contributed by atoms with van der Waals surface area (Å²) in [7, 11) is 0. The lowest BCUT2D eigenvalue weighted by molar-refractivity contribution is -0.386. The molecule has 57 valence electrons. The van der Waals surface area contributed by atoms with Gasteiger partial charge in [-0.3, -0.25) is 15.2 Å². The Balaban J connectivity index is 3.32. The molecule has 0 spiro atoms. The van der Waals surface area contributed by atoms with Crippen LogP contribution in [-0.4, -0.2) is 4.92 Å². The summed E-state index contributed by atoms with van der Waals surface area (Å²) in [6.45, 7) is 1.54. The standard InChI is InChI=1S/C7H6NO3/c1-5-3-2-4-6(9)7(5)8(10)11/h2-4H,1H3. The molecule has 1 aromatic carbocycles. The van der Waals surface area contributed by atoms with E-state index in [0.29, 0.717) is 5.56 Å². The highest BCUT2D eigenvalue weighted by atomic mass is 16.6. The summed E-state index contributed by atoms with van der Waals surface area (Å²) in [6, 6.07) is 4.23. The Labute approximate surface area is 63.2 Å². The monoisotopic (exact) mass is 152 g/mol. The summed E-state index contributed by atoms with van der Waals surface area (Å²) >= 11 is 0. The molecule has 1 radical (unpaired) electrons. The zero-order valence-electron chi connectivity index (χ0n) is 5.90. The molecule has 0 atom stereocenters. The Morgan fingerprint density at radius 2 is 2.09 bits per heavy atom. The van der Waals surface area contributed by atoms with Crippen molar-refractivity contribution < 1.29 is 10.0 Å². The second-order valence-electron chi connectivity index (χ2n) is 2.18. The van der Waals surface area contributed by atoms with Gasteiger partial charge in [0.1, 0.15) is 0 Å². The molecule has 1 rings (SSSR count). The van der Waals surface area contributed by atoms with Gasteiger partial charge >= 0.3 is 5.69 Å². The van der Waals surface area contributed by atoms with E-state index in [9.17, 15) is 15.2 Å². The van der Waals surface area contributed by atoms with Crippen molar-refractivity contribution in [1.82, 2.24) is 0 Å². The van der Waals surface area contributed by atoms with Gasteiger partial charge in [0.05, 0.1) is 4.92 Å². The van der Waals surface area contributed by atoms with Crippen LogP contribution in [0.5, 0.6) is 5.75 Å². The van der Waals surface area contributed by atoms with Crippen LogP contribution in [0.1, 0.15) is 5.56 Å². The van der Waals surface area contributed by atoms with Crippen molar-refractivity contribution in [3.05, 3.63) is 33.9 Å². The molecular weight excluding hydrogens is 146 g/mol. The van der Waals surface area contributed by atoms with Crippen molar-refractivity contribution in [3.63, 3.8) is 0 Å². The van der Waals surface area contributed by atoms with E-state index in [1.54, 1.807) is 13.0 Å². The normalized spacial score (nSPS) is 9.55. The van der Waals surface area contributed by atoms with E-state index in [1.807, 2.05) is 0 Å². The molecule has 0 aliphatic carbocycles. The number of para-hydroxylation sites is 1. The second-order valence-corrected chi connectivity index (χ2v) is 2.18. The minimum Gasteiger partial charge on any atom is -0.282 e. The summed E-state index contributed by atoms with van der Waals surface area (Å²) in [5, 5.41) is 21.1. The molecule has 0 saturated heterocycles. The van der Waals surface area contributed by atoms with Crippen LogP contribution in [0.2, 0.25) is 0 Å². The van der Waals surface area contributed by atoms with Crippen molar-refractivity contribution in [2.75, 3.05) is 0 Å². The highest BCUT2D eigenvalue weighted by molar-refractivity contribution is 5.50. The minimum atomic E-state index is -0.655. The van der Waals surface area contributed by atoms with E-state index in [4.69, 9.17) is 0 Å². The van der Waals surface area contributed by atoms with E-state index in [-0.39, 0.29) is 5.69 Å². The summed E-state index contributed by atoms with van der Waals surface area (Å²) in [5.74, 6) is -0.532. The van der Waals surface area contributed by atoms with Crippen molar-refractivity contribution in [3.8, 4) is 5.75 Å². The molecule has 4 heteroatoms. The third-order valence-corrected chi connectivity index (χ3v) is 1.38. The maximum absolute atomic E-state index is 10.8. The van der Waals surface area contributed by atoms with Crippen LogP contribution >= 0.6 is 0 Å². The number of nitro benzene ring substituents is 1. The van der Waals surface area contributed by atoms with E-state index in [2.05, 4.69) is 0 Å². The molecule has 0 aliphatic rings. The van der Waals surface area contributed by atoms with Crippen molar-refractivity contribution >= 4 is 5.69 Å². The zero-order valence-corrected chi connectivity index (χ0v) is 5.90. The lowest BCUT2D eigenvalue weighted by Crippen LogP contribution is -1.90. The number of nitro groups is 1. The van der Waals surface area contributed by atoms with Gasteiger partial charge in [-0.2, -0.15) is 0 Å². The third kappa shape index (κ3) is 1.29. The molecular formula is C7H6NO3. The Hall–Kier alpha value is -1.58. The first-order valence-corrected chi connectivity index (χ1v) is 3.04. The molecule has 0 bridgehead atoms. The van der Waals surface area contributed by atoms with E-state index < -0.39 is 10.7 Å². The maximum atomic E-state index is 10.8. The molecule has 0 N–H and O–H groups in total. The van der Waals surface area contributed by atoms with Crippen molar-refractivity contribution in [2.24, 2.45) is 0 Å². The first-order valence-electron chi connectivity index (χ1n) is 3.04. The lowest BCUT2D eigenvalue weighted by atomic mass is 10.2. The number of rotatable bonds is 1. The molecule has 0 amide bonds. The summed E-state index contributed by atoms with van der Waals surface area (Å²) in [6.07, 6.45) is 0. The predicted octanol–water partition coefficient (Wildman–Crippen LogP) is 2.05. The highest BCUT2D eigenvalue weighted by Gasteiger charge is 2.16. The molecule has 4 nitrogen and oxygen atoms in total. The average molecular weight is 152 g/mol. The summed E-state index contributed by atoms with van der Waals surface area (Å²) in [4.78, 5) is 9.59. The SMILES string of the molecule is Cc1cccc([O])c1[N+](=O)[O-]. The van der Waals surface area contributed by atoms with Crippen LogP contribution in [0.4, 0.5) is 5.69 Å². The molecule has 1 aromatic rings. The molecule has 11 heavy (non-hydrogen) atoms. The van der Waals surface area contributed by atoms with Gasteiger partial charge in [-0.05, 0) is 13.0 Å². The lowest BCUT2D eigenvalue weighted by Gasteiger charge is -1.94. The van der Waals surface area contributed by atoms with Gasteiger partial charge < -0.3 is 0 Å². The Kier molecular flexibility index (Phi) is 1.76. The van der Waals surface area contributed by atoms with Crippen molar-refractivity contribution in [2.45, 2.75) is 6.92 Å². The van der Waals surface area contributed by atoms with Gasteiger partial charge in [0, 0.05) is 5.56 Å². The first kappa shape index (κ1) is 7.53. The largest absolute Gasteiger partial charge is 0.319 e. The van der Waals surface area contributed by atoms with Gasteiger partial charge in [-0.1, -0.05) is 12.1 Å². The Morgan fingerprint density at radius 3 is 2.45 bits per heavy atom. The maximum Gasteiger partial charge on any atom is 0.319 e. The van der Waals surface area contributed by atoms with E-state index in [1.165, 1.54) is 12.1 Å². The zero-order chi connectivity index (χ0) is 8.43. The Morgan fingerprint density at radius 1 is 1.45 bits per heavy atom. The molecule has 0 fully saturated rings. The van der Waals surface area contributed by atoms with Gasteiger partial charge in [-0.25, -0.2) is 0 Å². The molecule has 0 aromatic heterocycles. The van der Waals surface area contributed by atoms with E-state index >= 15 is 0 Å². The average Bonchev–Trinajstić information content (AvgIpc) is 1.85. The van der Waals surface area contributed by atoms with Crippen molar-refractivity contribution in [1.29, 1.82) is 0 Å². The number of benzene rings is 1. The highest BCUT2D eigenvalue weighted by Crippen LogP contribution is 2.28. The number of hydrogen-bond acceptors (Lipinski definition) is 2. The summed E-state index contributed by atoms with van der Waals surface area (Å²) in [5.41, 5.74) is 0.0787. The van der Waals surface area contributed by atoms with Crippen LogP contribution in [0.25, 0.3) is 0 Å². The van der Waals surface area contributed by atoms with Gasteiger partial charge in [-0.15, -0.1) is 0 Å². The fraction of sp³-hybridized carbons (Fsp3) is 0.143. The van der Waals surface area contributed by atoms with Crippen LogP contribution in [0, 0.1) is 17.0 Å². The molecule has 0 saturated carbocycles. The van der Waals surface area contributed by atoms with Gasteiger partial charge in [0.25, 0.3) is 5.75 Å². The Bertz CT molecular complexity index is 275. The van der Waals surface area contributed by atoms with Crippen LogP contribution in [0.15, 0.2) is 18.2 Å². The first-order chi connectivity index (χ1) is 5.13. The topological polar surface area (TPSA) is 63.0 Å². The predicted molar refractivity (Wildman–Crippen MR) is 38.0 cm³/mol. The molecule has 0 unspecified atom stereocenters. The van der Waals surface area contributed by atoms with Gasteiger partial charge in [0.15, 0.2) is 0 Å². The van der Waals surface area contributed by atoms with E-state index in [0.717, 1.165) is 0 Å². The quantitative estimate of drug-likeness (QED) is 0.456. The van der Waals surface area contributed by atoms with Crippen LogP contribution < -0.4 is 0 Å². The minimum absolute atomic E-state index is 0.326. The smallest absolute Gasteiger partial charge is 0.282 e. The number of hydrogen-bond donors (Lipinski definition) is 0. The molecule has 0 heterocycles. The molecule has 0 aliphatic heterocycles. The number of aryl methyl sites for hydroxylation is 1. The third-order valence-electron chi connectivity index (χ3n) is 1.38.